The van der Waals surface area contributed by atoms with Crippen LogP contribution in [0.1, 0.15) is 59.4 Å². The van der Waals surface area contributed by atoms with Gasteiger partial charge in [-0.1, -0.05) is 5.92 Å². The van der Waals surface area contributed by atoms with Gasteiger partial charge < -0.3 is 90.2 Å². The lowest BCUT2D eigenvalue weighted by Crippen LogP contribution is -2.24. The Kier molecular flexibility index (Phi) is 23.0. The van der Waals surface area contributed by atoms with Crippen LogP contribution >= 0.6 is 23.2 Å². The molecule has 0 bridgehead atoms. The number of H-pyrrole nitrogens is 3. The number of anilines is 6. The van der Waals surface area contributed by atoms with E-state index in [-0.39, 0.29) is 66.0 Å². The minimum absolute atomic E-state index is 0.130. The van der Waals surface area contributed by atoms with E-state index < -0.39 is 71.5 Å². The zero-order valence-corrected chi connectivity index (χ0v) is 55.9. The van der Waals surface area contributed by atoms with Gasteiger partial charge in [-0.2, -0.15) is 5.26 Å². The van der Waals surface area contributed by atoms with Crippen LogP contribution in [0.5, 0.6) is 17.2 Å². The Labute approximate surface area is 596 Å². The van der Waals surface area contributed by atoms with Crippen LogP contribution in [-0.4, -0.2) is 185 Å². The largest absolute Gasteiger partial charge is 0.573 e. The molecule has 542 valence electrons. The van der Waals surface area contributed by atoms with Crippen molar-refractivity contribution in [1.29, 1.82) is 5.26 Å². The highest BCUT2D eigenvalue weighted by molar-refractivity contribution is 6.21. The number of nitriles is 1. The molecule has 5 atom stereocenters. The number of hydrogen-bond acceptors (Lipinski definition) is 19. The zero-order chi connectivity index (χ0) is 74.9. The number of benzene rings is 3. The fourth-order valence-corrected chi connectivity index (χ4v) is 11.1. The van der Waals surface area contributed by atoms with Gasteiger partial charge in [-0.15, -0.1) is 37.2 Å². The molecule has 11 N–H and O–H groups in total. The highest BCUT2D eigenvalue weighted by Gasteiger charge is 2.36. The number of aromatic nitrogens is 6. The highest BCUT2D eigenvalue weighted by Crippen LogP contribution is 2.37. The third-order valence-electron chi connectivity index (χ3n) is 15.8. The van der Waals surface area contributed by atoms with Gasteiger partial charge in [0.05, 0.1) is 64.3 Å². The Hall–Kier alpha value is -11.4. The Morgan fingerprint density at radius 1 is 0.529 bits per heavy atom. The van der Waals surface area contributed by atoms with Crippen molar-refractivity contribution in [2.75, 3.05) is 84.0 Å². The molecule has 4 amide bonds. The Bertz CT molecular complexity index is 4440. The average Bonchev–Trinajstić information content (AvgIpc) is 1.64. The van der Waals surface area contributed by atoms with E-state index in [2.05, 4.69) is 66.0 Å². The number of aliphatic hydroxyl groups excluding tert-OH is 5. The highest BCUT2D eigenvalue weighted by atomic mass is 35.5. The standard InChI is InChI=1S/C24H24ClF2N5O4.C23H19ClF2N4O4.C22H18F3N5O4/c1-31(2)23(35)20-8-7-19(30-20)18-11-14(12-28-21(18)32-10-9-16(33)13-32)22(34)29-15-3-5-17(6-4-15)36-24(25,26)27;1-2-14-5-8-18(28-14)17-9-13(10-27-21(17)30-11-19(31)20(32)12-30)22(33)29-15-3-6-16(7-4-15)34-23(24,25)26;23-22(24,25)34-15-4-1-13(2-5-15)29-21(33)12-7-16(17-6-3-14(8-26)28-17)20(27-9-12)30-10-18(31)19(32)11-30/h3-8,11-12,16,30,33H,9-10,13H2,1-2H3,(H,29,34);1,3-10,19-20,28,31-32H,11-12H2,(H,29,33);1-7,9,18-19,28,31-32H,10-11H2,(H,29,33)/t16-;19-,20-;18-,19-/m100/s1. The summed E-state index contributed by atoms with van der Waals surface area (Å²) in [7, 11) is 3.29. The zero-order valence-electron chi connectivity index (χ0n) is 54.3. The van der Waals surface area contributed by atoms with Crippen LogP contribution in [0.15, 0.2) is 146 Å². The SMILES string of the molecule is C#Cc1ccc(-c2cc(C(=O)Nc3ccc(OC(F)(F)Cl)cc3)cnc2N2C[C@H](O)[C@@H](O)C2)[nH]1.CN(C)C(=O)c1ccc(-c2cc(C(=O)Nc3ccc(OC(F)(F)Cl)cc3)cnc2N2CC[C@@H](O)C2)[nH]1.N#Cc1ccc(-c2cc(C(=O)Nc3ccc(OC(F)(F)F)cc3)cnc2N2C[C@H](O)[C@@H](O)C2)[nH]1. The van der Waals surface area contributed by atoms with Crippen LogP contribution in [0.25, 0.3) is 33.8 Å². The normalized spacial score (nSPS) is 17.1. The van der Waals surface area contributed by atoms with Crippen LogP contribution in [0.3, 0.4) is 0 Å². The number of alkyl halides is 9. The fourth-order valence-electron chi connectivity index (χ4n) is 10.9. The smallest absolute Gasteiger partial charge is 0.420 e. The number of aliphatic hydroxyl groups is 5. The second-order valence-corrected chi connectivity index (χ2v) is 24.5. The Morgan fingerprint density at radius 2 is 0.885 bits per heavy atom. The lowest BCUT2D eigenvalue weighted by molar-refractivity contribution is -0.274. The van der Waals surface area contributed by atoms with E-state index in [1.807, 2.05) is 11.0 Å². The molecule has 35 heteroatoms. The quantitative estimate of drug-likeness (QED) is 0.0216. The summed E-state index contributed by atoms with van der Waals surface area (Å²) in [6.07, 6.45) is 1.06. The molecule has 3 aromatic carbocycles. The van der Waals surface area contributed by atoms with Crippen molar-refractivity contribution >= 4 is 81.3 Å². The molecule has 0 spiro atoms. The van der Waals surface area contributed by atoms with E-state index in [0.717, 1.165) is 12.1 Å². The third-order valence-corrected chi connectivity index (χ3v) is 16.0. The van der Waals surface area contributed by atoms with Crippen LogP contribution in [0, 0.1) is 23.7 Å². The number of aromatic amines is 3. The molecular formula is C69H61Cl2F7N14O12. The third kappa shape index (κ3) is 19.6. The summed E-state index contributed by atoms with van der Waals surface area (Å²) >= 11 is 9.51. The predicted molar refractivity (Wildman–Crippen MR) is 367 cm³/mol. The van der Waals surface area contributed by atoms with Crippen molar-refractivity contribution in [3.8, 4) is 69.4 Å². The van der Waals surface area contributed by atoms with E-state index in [0.29, 0.717) is 99.2 Å². The first kappa shape index (κ1) is 75.2. The minimum Gasteiger partial charge on any atom is -0.420 e. The molecule has 0 aliphatic carbocycles. The summed E-state index contributed by atoms with van der Waals surface area (Å²) in [6.45, 7) is 1.59. The molecule has 12 rings (SSSR count). The molecule has 3 fully saturated rings. The molecule has 3 aliphatic heterocycles. The number of halogens is 9. The number of rotatable bonds is 18. The second-order valence-electron chi connectivity index (χ2n) is 23.6. The number of pyridine rings is 3. The van der Waals surface area contributed by atoms with Crippen molar-refractivity contribution in [2.24, 2.45) is 0 Å². The first-order valence-corrected chi connectivity index (χ1v) is 31.8. The lowest BCUT2D eigenvalue weighted by Gasteiger charge is -2.20. The second kappa shape index (κ2) is 31.8. The molecule has 3 saturated heterocycles. The van der Waals surface area contributed by atoms with Gasteiger partial charge in [0, 0.05) is 135 Å². The van der Waals surface area contributed by atoms with Gasteiger partial charge in [0.15, 0.2) is 0 Å². The van der Waals surface area contributed by atoms with Crippen LogP contribution in [0.4, 0.5) is 65.2 Å². The van der Waals surface area contributed by atoms with Crippen molar-refractivity contribution in [2.45, 2.75) is 54.4 Å². The van der Waals surface area contributed by atoms with Gasteiger partial charge >= 0.3 is 17.5 Å². The minimum atomic E-state index is -4.82. The summed E-state index contributed by atoms with van der Waals surface area (Å²) < 4.78 is 100. The predicted octanol–water partition coefficient (Wildman–Crippen LogP) is 9.43. The number of carbonyl (C=O) groups excluding carboxylic acids is 4. The summed E-state index contributed by atoms with van der Waals surface area (Å²) in [5.41, 5.74) is -1.70. The van der Waals surface area contributed by atoms with Crippen molar-refractivity contribution in [1.82, 2.24) is 34.8 Å². The first-order valence-electron chi connectivity index (χ1n) is 31.1. The van der Waals surface area contributed by atoms with Gasteiger partial charge in [-0.05, 0) is 134 Å². The van der Waals surface area contributed by atoms with Crippen LogP contribution in [0.2, 0.25) is 0 Å². The molecule has 0 unspecified atom stereocenters. The van der Waals surface area contributed by atoms with Gasteiger partial charge in [0.25, 0.3) is 23.6 Å². The maximum atomic E-state index is 13.0. The molecule has 0 radical (unpaired) electrons. The van der Waals surface area contributed by atoms with E-state index in [1.165, 1.54) is 90.2 Å². The van der Waals surface area contributed by atoms with Gasteiger partial charge in [0.1, 0.15) is 52.2 Å². The van der Waals surface area contributed by atoms with Gasteiger partial charge in [-0.25, -0.2) is 15.0 Å². The molecule has 9 aromatic rings. The lowest BCUT2D eigenvalue weighted by atomic mass is 10.1. The van der Waals surface area contributed by atoms with Gasteiger partial charge in [-0.3, -0.25) is 19.2 Å². The van der Waals surface area contributed by atoms with Gasteiger partial charge in [0.2, 0.25) is 0 Å². The molecule has 0 saturated carbocycles. The van der Waals surface area contributed by atoms with E-state index in [4.69, 9.17) is 34.9 Å². The van der Waals surface area contributed by atoms with Crippen LogP contribution in [-0.2, 0) is 0 Å². The molecule has 104 heavy (non-hydrogen) atoms. The van der Waals surface area contributed by atoms with Crippen molar-refractivity contribution in [3.63, 3.8) is 0 Å². The number of ether oxygens (including phenoxy) is 3. The number of carbonyl (C=O) groups is 4. The number of nitrogens with one attached hydrogen (secondary N) is 6. The fraction of sp³-hybridized carbons (Fsp3) is 0.246. The number of amides is 4. The van der Waals surface area contributed by atoms with E-state index >= 15 is 0 Å². The topological polar surface area (TPSA) is 356 Å². The summed E-state index contributed by atoms with van der Waals surface area (Å²) in [5.74, 6) is 1.40. The summed E-state index contributed by atoms with van der Waals surface area (Å²) in [6, 6.07) is 32.0. The first-order chi connectivity index (χ1) is 49.2. The monoisotopic (exact) mass is 1480 g/mol. The molecule has 26 nitrogen and oxygen atoms in total. The Morgan fingerprint density at radius 3 is 1.21 bits per heavy atom. The maximum Gasteiger partial charge on any atom is 0.573 e. The van der Waals surface area contributed by atoms with E-state index in [9.17, 15) is 75.4 Å². The number of hydrogen-bond donors (Lipinski definition) is 11. The Balaban J connectivity index is 0.000000168. The number of β-amino-alcohol motifs (C(OH)–C–C–N with tert-alkyl or cyclic N) is 5. The number of nitrogens with zero attached hydrogens (tertiary/aromatic N) is 8. The average molecular weight is 1480 g/mol. The summed E-state index contributed by atoms with van der Waals surface area (Å²) in [4.78, 5) is 80.0. The van der Waals surface area contributed by atoms with E-state index in [1.54, 1.807) is 72.4 Å². The van der Waals surface area contributed by atoms with Crippen molar-refractivity contribution in [3.05, 3.63) is 180 Å². The number of terminal acetylenes is 1. The molecule has 9 heterocycles. The molecular weight excluding hydrogens is 1420 g/mol. The maximum absolute atomic E-state index is 13.0. The molecule has 3 aliphatic rings. The van der Waals surface area contributed by atoms with Crippen molar-refractivity contribution < 1.29 is 89.7 Å². The molecule has 6 aromatic heterocycles. The summed E-state index contributed by atoms with van der Waals surface area (Å²) in [5, 5.41) is 66.8. The van der Waals surface area contributed by atoms with Crippen LogP contribution < -0.4 is 44.9 Å².